The van der Waals surface area contributed by atoms with Gasteiger partial charge in [-0.3, -0.25) is 0 Å². The third-order valence-corrected chi connectivity index (χ3v) is 3.85. The molecule has 0 heterocycles. The Labute approximate surface area is 113 Å². The minimum atomic E-state index is -4.39. The first-order valence-electron chi connectivity index (χ1n) is 6.43. The van der Waals surface area contributed by atoms with Crippen molar-refractivity contribution in [3.63, 3.8) is 0 Å². The number of halogens is 5. The van der Waals surface area contributed by atoms with E-state index in [1.54, 1.807) is 0 Å². The molecule has 2 atom stereocenters. The smallest absolute Gasteiger partial charge is 0.390 e. The van der Waals surface area contributed by atoms with E-state index in [4.69, 9.17) is 0 Å². The molecule has 0 spiro atoms. The van der Waals surface area contributed by atoms with Gasteiger partial charge in [0.2, 0.25) is 0 Å². The van der Waals surface area contributed by atoms with Crippen molar-refractivity contribution in [3.05, 3.63) is 35.4 Å². The highest BCUT2D eigenvalue weighted by Crippen LogP contribution is 2.43. The maximum absolute atomic E-state index is 13.5. The van der Waals surface area contributed by atoms with Crippen LogP contribution in [-0.4, -0.2) is 16.9 Å². The topological polar surface area (TPSA) is 20.2 Å². The highest BCUT2D eigenvalue weighted by Gasteiger charge is 2.47. The van der Waals surface area contributed by atoms with Crippen molar-refractivity contribution in [3.8, 4) is 0 Å². The van der Waals surface area contributed by atoms with Gasteiger partial charge in [0.25, 0.3) is 0 Å². The van der Waals surface area contributed by atoms with Crippen molar-refractivity contribution < 1.29 is 27.1 Å². The Morgan fingerprint density at radius 1 is 1.20 bits per heavy atom. The molecular weight excluding hydrogens is 279 g/mol. The second-order valence-corrected chi connectivity index (χ2v) is 5.44. The van der Waals surface area contributed by atoms with Gasteiger partial charge in [-0.25, -0.2) is 8.78 Å². The molecular formula is C14H15F5O. The van der Waals surface area contributed by atoms with Crippen LogP contribution >= 0.6 is 0 Å². The minimum Gasteiger partial charge on any atom is -0.390 e. The lowest BCUT2D eigenvalue weighted by atomic mass is 9.74. The summed E-state index contributed by atoms with van der Waals surface area (Å²) in [6.45, 7) is 0. The molecule has 1 nitrogen and oxygen atoms in total. The maximum Gasteiger partial charge on any atom is 0.391 e. The Hall–Kier alpha value is -1.17. The number of rotatable bonds is 2. The van der Waals surface area contributed by atoms with Crippen LogP contribution in [0.1, 0.15) is 31.2 Å². The largest absolute Gasteiger partial charge is 0.391 e. The van der Waals surface area contributed by atoms with Gasteiger partial charge >= 0.3 is 6.18 Å². The summed E-state index contributed by atoms with van der Waals surface area (Å²) < 4.78 is 65.2. The SMILES string of the molecule is OC1(Cc2c(F)cccc2F)CCCC(C(F)(F)F)C1. The van der Waals surface area contributed by atoms with Crippen LogP contribution in [0.15, 0.2) is 18.2 Å². The van der Waals surface area contributed by atoms with Crippen molar-refractivity contribution in [2.45, 2.75) is 43.9 Å². The Morgan fingerprint density at radius 2 is 1.80 bits per heavy atom. The van der Waals surface area contributed by atoms with Crippen LogP contribution in [0.4, 0.5) is 22.0 Å². The zero-order valence-electron chi connectivity index (χ0n) is 10.7. The van der Waals surface area contributed by atoms with E-state index in [2.05, 4.69) is 0 Å². The summed E-state index contributed by atoms with van der Waals surface area (Å²) >= 11 is 0. The summed E-state index contributed by atoms with van der Waals surface area (Å²) in [7, 11) is 0. The molecule has 0 amide bonds. The van der Waals surface area contributed by atoms with E-state index in [1.807, 2.05) is 0 Å². The molecule has 1 aliphatic carbocycles. The average Bonchev–Trinajstić information content (AvgIpc) is 2.33. The van der Waals surface area contributed by atoms with Crippen molar-refractivity contribution in [2.24, 2.45) is 5.92 Å². The Morgan fingerprint density at radius 3 is 2.35 bits per heavy atom. The first-order chi connectivity index (χ1) is 9.21. The zero-order chi connectivity index (χ0) is 15.0. The lowest BCUT2D eigenvalue weighted by Crippen LogP contribution is -2.42. The Bertz CT molecular complexity index is 465. The highest BCUT2D eigenvalue weighted by atomic mass is 19.4. The van der Waals surface area contributed by atoms with Crippen LogP contribution in [0.3, 0.4) is 0 Å². The lowest BCUT2D eigenvalue weighted by molar-refractivity contribution is -0.200. The van der Waals surface area contributed by atoms with Gasteiger partial charge in [0.1, 0.15) is 11.6 Å². The normalized spacial score (nSPS) is 27.6. The van der Waals surface area contributed by atoms with E-state index in [9.17, 15) is 27.1 Å². The van der Waals surface area contributed by atoms with Crippen molar-refractivity contribution in [2.75, 3.05) is 0 Å². The molecule has 0 radical (unpaired) electrons. The number of hydrogen-bond acceptors (Lipinski definition) is 1. The average molecular weight is 294 g/mol. The molecule has 0 saturated heterocycles. The van der Waals surface area contributed by atoms with E-state index in [1.165, 1.54) is 6.07 Å². The number of benzene rings is 1. The molecule has 6 heteroatoms. The first-order valence-corrected chi connectivity index (χ1v) is 6.43. The van der Waals surface area contributed by atoms with Gasteiger partial charge in [-0.05, 0) is 37.8 Å². The van der Waals surface area contributed by atoms with Gasteiger partial charge in [-0.2, -0.15) is 13.2 Å². The summed E-state index contributed by atoms with van der Waals surface area (Å²) in [6.07, 6.45) is -5.07. The molecule has 0 aromatic heterocycles. The fourth-order valence-corrected chi connectivity index (χ4v) is 2.81. The van der Waals surface area contributed by atoms with Crippen molar-refractivity contribution in [1.29, 1.82) is 0 Å². The standard InChI is InChI=1S/C14H15F5O/c15-11-4-1-5-12(16)10(11)8-13(20)6-2-3-9(7-13)14(17,18)19/h1,4-5,9,20H,2-3,6-8H2. The van der Waals surface area contributed by atoms with Crippen LogP contribution in [0.2, 0.25) is 0 Å². The van der Waals surface area contributed by atoms with Crippen LogP contribution in [0, 0.1) is 17.6 Å². The number of alkyl halides is 3. The number of hydrogen-bond donors (Lipinski definition) is 1. The molecule has 20 heavy (non-hydrogen) atoms. The molecule has 1 fully saturated rings. The molecule has 1 aromatic rings. The Kier molecular flexibility index (Phi) is 4.04. The lowest BCUT2D eigenvalue weighted by Gasteiger charge is -2.37. The summed E-state index contributed by atoms with van der Waals surface area (Å²) in [5, 5.41) is 10.3. The van der Waals surface area contributed by atoms with Gasteiger partial charge < -0.3 is 5.11 Å². The summed E-state index contributed by atoms with van der Waals surface area (Å²) in [5.41, 5.74) is -2.06. The molecule has 1 saturated carbocycles. The molecule has 1 aliphatic rings. The molecule has 1 aromatic carbocycles. The summed E-state index contributed by atoms with van der Waals surface area (Å²) in [5.74, 6) is -3.30. The third-order valence-electron chi connectivity index (χ3n) is 3.85. The quantitative estimate of drug-likeness (QED) is 0.818. The second-order valence-electron chi connectivity index (χ2n) is 5.44. The van der Waals surface area contributed by atoms with Crippen LogP contribution in [0.5, 0.6) is 0 Å². The van der Waals surface area contributed by atoms with Crippen molar-refractivity contribution in [1.82, 2.24) is 0 Å². The van der Waals surface area contributed by atoms with E-state index in [0.29, 0.717) is 0 Å². The van der Waals surface area contributed by atoms with E-state index in [-0.39, 0.29) is 24.8 Å². The fraction of sp³-hybridized carbons (Fsp3) is 0.571. The Balaban J connectivity index is 2.19. The highest BCUT2D eigenvalue weighted by molar-refractivity contribution is 5.22. The van der Waals surface area contributed by atoms with Crippen LogP contribution in [0.25, 0.3) is 0 Å². The monoisotopic (exact) mass is 294 g/mol. The van der Waals surface area contributed by atoms with Gasteiger partial charge in [0, 0.05) is 12.0 Å². The molecule has 0 bridgehead atoms. The second kappa shape index (κ2) is 5.31. The van der Waals surface area contributed by atoms with E-state index >= 15 is 0 Å². The molecule has 112 valence electrons. The molecule has 2 unspecified atom stereocenters. The van der Waals surface area contributed by atoms with E-state index < -0.39 is 42.2 Å². The minimum absolute atomic E-state index is 0.0500. The molecule has 1 N–H and O–H groups in total. The predicted octanol–water partition coefficient (Wildman–Crippen LogP) is 3.99. The van der Waals surface area contributed by atoms with E-state index in [0.717, 1.165) is 12.1 Å². The number of aliphatic hydroxyl groups is 1. The maximum atomic E-state index is 13.5. The van der Waals surface area contributed by atoms with Crippen LogP contribution in [-0.2, 0) is 6.42 Å². The van der Waals surface area contributed by atoms with Gasteiger partial charge in [0.05, 0.1) is 11.5 Å². The zero-order valence-corrected chi connectivity index (χ0v) is 10.7. The fourth-order valence-electron chi connectivity index (χ4n) is 2.81. The van der Waals surface area contributed by atoms with Gasteiger partial charge in [0.15, 0.2) is 0 Å². The van der Waals surface area contributed by atoms with Crippen molar-refractivity contribution >= 4 is 0 Å². The first kappa shape index (κ1) is 15.2. The van der Waals surface area contributed by atoms with Gasteiger partial charge in [-0.1, -0.05) is 6.07 Å². The summed E-state index contributed by atoms with van der Waals surface area (Å²) in [4.78, 5) is 0. The predicted molar refractivity (Wildman–Crippen MR) is 63.0 cm³/mol. The van der Waals surface area contributed by atoms with Crippen LogP contribution < -0.4 is 0 Å². The summed E-state index contributed by atoms with van der Waals surface area (Å²) in [6, 6.07) is 3.25. The third kappa shape index (κ3) is 3.29. The molecule has 2 rings (SSSR count). The van der Waals surface area contributed by atoms with Gasteiger partial charge in [-0.15, -0.1) is 0 Å². The molecule has 0 aliphatic heterocycles.